The second-order valence-corrected chi connectivity index (χ2v) is 7.59. The van der Waals surface area contributed by atoms with Crippen molar-refractivity contribution in [2.75, 3.05) is 4.31 Å². The van der Waals surface area contributed by atoms with Gasteiger partial charge >= 0.3 is 5.97 Å². The second kappa shape index (κ2) is 8.30. The Hall–Kier alpha value is -2.74. The van der Waals surface area contributed by atoms with Crippen LogP contribution in [-0.2, 0) is 11.3 Å². The summed E-state index contributed by atoms with van der Waals surface area (Å²) in [6.07, 6.45) is 3.63. The molecule has 3 aromatic rings. The Morgan fingerprint density at radius 1 is 1.07 bits per heavy atom. The van der Waals surface area contributed by atoms with E-state index < -0.39 is 17.2 Å². The van der Waals surface area contributed by atoms with Gasteiger partial charge in [-0.15, -0.1) is 11.3 Å². The molecule has 1 unspecified atom stereocenters. The van der Waals surface area contributed by atoms with Crippen LogP contribution in [0.3, 0.4) is 0 Å². The first-order valence-corrected chi connectivity index (χ1v) is 9.87. The van der Waals surface area contributed by atoms with Crippen LogP contribution < -0.4 is 4.31 Å². The molecule has 2 aromatic carbocycles. The van der Waals surface area contributed by atoms with Gasteiger partial charge in [0.2, 0.25) is 0 Å². The van der Waals surface area contributed by atoms with Crippen LogP contribution in [0.4, 0.5) is 11.4 Å². The molecule has 27 heavy (non-hydrogen) atoms. The SMILES string of the molecule is Cc1ccccc1N(c1cc(C=Cc2ccccc2)sc1C(=O)O)S(=O)[O-]. The van der Waals surface area contributed by atoms with Crippen molar-refractivity contribution in [3.05, 3.63) is 81.5 Å². The maximum absolute atomic E-state index is 11.9. The molecule has 7 heteroatoms. The first-order chi connectivity index (χ1) is 13.0. The second-order valence-electron chi connectivity index (χ2n) is 5.71. The van der Waals surface area contributed by atoms with Crippen molar-refractivity contribution in [2.45, 2.75) is 6.92 Å². The number of aromatic carboxylic acids is 1. The van der Waals surface area contributed by atoms with Gasteiger partial charge in [-0.2, -0.15) is 0 Å². The Kier molecular flexibility index (Phi) is 5.85. The number of hydrogen-bond donors (Lipinski definition) is 1. The van der Waals surface area contributed by atoms with Crippen molar-refractivity contribution < 1.29 is 18.7 Å². The molecule has 5 nitrogen and oxygen atoms in total. The van der Waals surface area contributed by atoms with Crippen LogP contribution in [0.1, 0.15) is 25.7 Å². The molecule has 1 heterocycles. The highest BCUT2D eigenvalue weighted by Crippen LogP contribution is 2.37. The molecule has 0 aliphatic heterocycles. The fourth-order valence-electron chi connectivity index (χ4n) is 2.61. The number of carboxylic acid groups (broad SMARTS) is 1. The predicted octanol–water partition coefficient (Wildman–Crippen LogP) is 4.86. The summed E-state index contributed by atoms with van der Waals surface area (Å²) in [4.78, 5) is 12.3. The van der Waals surface area contributed by atoms with E-state index in [0.717, 1.165) is 26.8 Å². The Bertz CT molecular complexity index is 1010. The molecule has 0 saturated heterocycles. The molecule has 3 rings (SSSR count). The minimum atomic E-state index is -2.67. The average Bonchev–Trinajstić information content (AvgIpc) is 3.06. The molecule has 0 spiro atoms. The Morgan fingerprint density at radius 2 is 1.74 bits per heavy atom. The molecule has 138 valence electrons. The maximum atomic E-state index is 11.9. The third kappa shape index (κ3) is 4.33. The summed E-state index contributed by atoms with van der Waals surface area (Å²) >= 11 is -1.63. The summed E-state index contributed by atoms with van der Waals surface area (Å²) in [5, 5.41) is 9.57. The molecule has 0 fully saturated rings. The summed E-state index contributed by atoms with van der Waals surface area (Å²) in [6.45, 7) is 1.78. The predicted molar refractivity (Wildman–Crippen MR) is 109 cm³/mol. The molecule has 0 amide bonds. The quantitative estimate of drug-likeness (QED) is 0.602. The Morgan fingerprint density at radius 3 is 2.37 bits per heavy atom. The molecule has 0 aliphatic rings. The van der Waals surface area contributed by atoms with Gasteiger partial charge in [-0.05, 0) is 36.3 Å². The third-order valence-electron chi connectivity index (χ3n) is 3.87. The maximum Gasteiger partial charge on any atom is 0.348 e. The number of rotatable bonds is 6. The first kappa shape index (κ1) is 19.0. The number of nitrogens with zero attached hydrogens (tertiary/aromatic N) is 1. The van der Waals surface area contributed by atoms with Crippen molar-refractivity contribution in [3.63, 3.8) is 0 Å². The Balaban J connectivity index is 2.06. The molecule has 0 saturated carbocycles. The summed E-state index contributed by atoms with van der Waals surface area (Å²) in [5.74, 6) is -1.17. The van der Waals surface area contributed by atoms with E-state index in [1.54, 1.807) is 43.3 Å². The van der Waals surface area contributed by atoms with E-state index in [0.29, 0.717) is 10.6 Å². The van der Waals surface area contributed by atoms with Crippen molar-refractivity contribution in [1.82, 2.24) is 0 Å². The summed E-state index contributed by atoms with van der Waals surface area (Å²) in [6, 6.07) is 18.1. The standard InChI is InChI=1S/C20H17NO4S2/c1-14-7-5-6-10-17(14)21(27(24)25)18-13-16(26-19(18)20(22)23)12-11-15-8-3-2-4-9-15/h2-13H,1H3,(H,22,23)(H,24,25)/p-1. The van der Waals surface area contributed by atoms with Crippen molar-refractivity contribution in [1.29, 1.82) is 0 Å². The van der Waals surface area contributed by atoms with E-state index >= 15 is 0 Å². The van der Waals surface area contributed by atoms with Gasteiger partial charge in [-0.3, -0.25) is 8.51 Å². The first-order valence-electron chi connectivity index (χ1n) is 8.03. The third-order valence-corrected chi connectivity index (χ3v) is 5.64. The lowest BCUT2D eigenvalue weighted by molar-refractivity contribution is 0.0703. The van der Waals surface area contributed by atoms with Crippen LogP contribution >= 0.6 is 11.3 Å². The number of carbonyl (C=O) groups is 1. The number of aryl methyl sites for hydroxylation is 1. The van der Waals surface area contributed by atoms with Gasteiger partial charge in [0, 0.05) is 4.88 Å². The van der Waals surface area contributed by atoms with Gasteiger partial charge in [-0.1, -0.05) is 54.6 Å². The Labute approximate surface area is 163 Å². The van der Waals surface area contributed by atoms with Crippen molar-refractivity contribution in [2.24, 2.45) is 0 Å². The van der Waals surface area contributed by atoms with Crippen LogP contribution in [-0.4, -0.2) is 19.8 Å². The van der Waals surface area contributed by atoms with Gasteiger partial charge in [-0.25, -0.2) is 4.79 Å². The average molecular weight is 398 g/mol. The van der Waals surface area contributed by atoms with Gasteiger partial charge < -0.3 is 9.66 Å². The summed E-state index contributed by atoms with van der Waals surface area (Å²) < 4.78 is 24.9. The minimum Gasteiger partial charge on any atom is -0.755 e. The summed E-state index contributed by atoms with van der Waals surface area (Å²) in [5.41, 5.74) is 2.24. The van der Waals surface area contributed by atoms with Crippen LogP contribution in [0.5, 0.6) is 0 Å². The van der Waals surface area contributed by atoms with Crippen LogP contribution in [0.2, 0.25) is 0 Å². The monoisotopic (exact) mass is 398 g/mol. The number of hydrogen-bond acceptors (Lipinski definition) is 4. The van der Waals surface area contributed by atoms with Gasteiger partial charge in [0.1, 0.15) is 4.88 Å². The van der Waals surface area contributed by atoms with Gasteiger partial charge in [0.15, 0.2) is 0 Å². The fraction of sp³-hybridized carbons (Fsp3) is 0.0500. The van der Waals surface area contributed by atoms with E-state index in [1.807, 2.05) is 36.4 Å². The lowest BCUT2D eigenvalue weighted by atomic mass is 10.2. The molecule has 1 aromatic heterocycles. The van der Waals surface area contributed by atoms with Crippen LogP contribution in [0.25, 0.3) is 12.2 Å². The van der Waals surface area contributed by atoms with Crippen LogP contribution in [0.15, 0.2) is 60.7 Å². The number of para-hydroxylation sites is 1. The molecule has 1 atom stereocenters. The molecule has 0 radical (unpaired) electrons. The zero-order valence-corrected chi connectivity index (χ0v) is 16.0. The number of benzene rings is 2. The molecular weight excluding hydrogens is 382 g/mol. The van der Waals surface area contributed by atoms with E-state index in [9.17, 15) is 18.7 Å². The minimum absolute atomic E-state index is 0.0323. The highest BCUT2D eigenvalue weighted by Gasteiger charge is 2.23. The van der Waals surface area contributed by atoms with Gasteiger partial charge in [0.05, 0.1) is 22.6 Å². The molecule has 0 bridgehead atoms. The van der Waals surface area contributed by atoms with E-state index in [-0.39, 0.29) is 10.6 Å². The number of carboxylic acids is 1. The van der Waals surface area contributed by atoms with E-state index in [2.05, 4.69) is 0 Å². The largest absolute Gasteiger partial charge is 0.755 e. The molecule has 1 N–H and O–H groups in total. The molecule has 0 aliphatic carbocycles. The number of thiophene rings is 1. The van der Waals surface area contributed by atoms with Crippen molar-refractivity contribution in [3.8, 4) is 0 Å². The zero-order chi connectivity index (χ0) is 19.4. The highest BCUT2D eigenvalue weighted by atomic mass is 32.2. The fourth-order valence-corrected chi connectivity index (χ4v) is 4.22. The summed E-state index contributed by atoms with van der Waals surface area (Å²) in [7, 11) is 0. The lowest BCUT2D eigenvalue weighted by Gasteiger charge is -2.27. The van der Waals surface area contributed by atoms with Gasteiger partial charge in [0.25, 0.3) is 0 Å². The zero-order valence-electron chi connectivity index (χ0n) is 14.4. The highest BCUT2D eigenvalue weighted by molar-refractivity contribution is 7.81. The lowest BCUT2D eigenvalue weighted by Crippen LogP contribution is -2.21. The van der Waals surface area contributed by atoms with E-state index in [1.165, 1.54) is 0 Å². The van der Waals surface area contributed by atoms with E-state index in [4.69, 9.17) is 0 Å². The molecular formula is C20H16NO4S2-. The topological polar surface area (TPSA) is 80.7 Å². The smallest absolute Gasteiger partial charge is 0.348 e. The normalized spacial score (nSPS) is 12.2. The van der Waals surface area contributed by atoms with Crippen molar-refractivity contribution >= 4 is 52.1 Å². The van der Waals surface area contributed by atoms with Crippen LogP contribution in [0, 0.1) is 6.92 Å². The number of anilines is 2.